The van der Waals surface area contributed by atoms with E-state index < -0.39 is 6.10 Å². The Bertz CT molecular complexity index is 462. The van der Waals surface area contributed by atoms with Crippen LogP contribution in [0.3, 0.4) is 0 Å². The Morgan fingerprint density at radius 2 is 1.81 bits per heavy atom. The van der Waals surface area contributed by atoms with Crippen LogP contribution in [0.15, 0.2) is 12.1 Å². The highest BCUT2D eigenvalue weighted by Gasteiger charge is 2.18. The minimum Gasteiger partial charge on any atom is -0.478 e. The van der Waals surface area contributed by atoms with Gasteiger partial charge in [0.15, 0.2) is 6.10 Å². The molecule has 0 aliphatic carbocycles. The second kappa shape index (κ2) is 8.03. The van der Waals surface area contributed by atoms with E-state index in [1.807, 2.05) is 13.8 Å². The zero-order valence-corrected chi connectivity index (χ0v) is 13.7. The summed E-state index contributed by atoms with van der Waals surface area (Å²) in [5, 5.41) is 0. The van der Waals surface area contributed by atoms with Crippen molar-refractivity contribution < 1.29 is 14.3 Å². The topological polar surface area (TPSA) is 61.5 Å². The number of esters is 1. The van der Waals surface area contributed by atoms with Gasteiger partial charge in [-0.3, -0.25) is 0 Å². The maximum atomic E-state index is 11.7. The fraction of sp³-hybridized carbons (Fsp3) is 0.588. The lowest BCUT2D eigenvalue weighted by molar-refractivity contribution is -0.150. The molecule has 0 fully saturated rings. The van der Waals surface area contributed by atoms with Crippen LogP contribution in [0.25, 0.3) is 0 Å². The molecule has 0 amide bonds. The highest BCUT2D eigenvalue weighted by atomic mass is 16.6. The molecule has 0 aromatic heterocycles. The van der Waals surface area contributed by atoms with Gasteiger partial charge in [0.25, 0.3) is 0 Å². The van der Waals surface area contributed by atoms with E-state index in [-0.39, 0.29) is 12.0 Å². The summed E-state index contributed by atoms with van der Waals surface area (Å²) in [7, 11) is 0. The van der Waals surface area contributed by atoms with E-state index in [1.165, 1.54) is 5.56 Å². The van der Waals surface area contributed by atoms with Gasteiger partial charge in [-0.1, -0.05) is 19.1 Å². The summed E-state index contributed by atoms with van der Waals surface area (Å²) in [6, 6.07) is 4.33. The highest BCUT2D eigenvalue weighted by Crippen LogP contribution is 2.26. The smallest absolute Gasteiger partial charge is 0.347 e. The molecular weight excluding hydrogens is 266 g/mol. The van der Waals surface area contributed by atoms with Crippen LogP contribution in [-0.4, -0.2) is 24.7 Å². The van der Waals surface area contributed by atoms with Gasteiger partial charge in [0.1, 0.15) is 5.75 Å². The molecule has 0 bridgehead atoms. The fourth-order valence-corrected chi connectivity index (χ4v) is 2.28. The van der Waals surface area contributed by atoms with Gasteiger partial charge in [0, 0.05) is 6.04 Å². The predicted molar refractivity (Wildman–Crippen MR) is 84.6 cm³/mol. The predicted octanol–water partition coefficient (Wildman–Crippen LogP) is 2.91. The van der Waals surface area contributed by atoms with E-state index in [0.717, 1.165) is 29.7 Å². The van der Waals surface area contributed by atoms with Crippen LogP contribution in [0.5, 0.6) is 5.75 Å². The van der Waals surface area contributed by atoms with Gasteiger partial charge in [0.05, 0.1) is 6.61 Å². The molecule has 2 unspecified atom stereocenters. The summed E-state index contributed by atoms with van der Waals surface area (Å²) in [4.78, 5) is 11.7. The van der Waals surface area contributed by atoms with Gasteiger partial charge < -0.3 is 15.2 Å². The van der Waals surface area contributed by atoms with E-state index in [0.29, 0.717) is 6.61 Å². The summed E-state index contributed by atoms with van der Waals surface area (Å²) >= 11 is 0. The van der Waals surface area contributed by atoms with Gasteiger partial charge in [-0.2, -0.15) is 0 Å². The van der Waals surface area contributed by atoms with Crippen LogP contribution in [0, 0.1) is 13.8 Å². The van der Waals surface area contributed by atoms with E-state index in [4.69, 9.17) is 15.2 Å². The second-order valence-corrected chi connectivity index (χ2v) is 5.44. The molecule has 2 N–H and O–H groups in total. The minimum absolute atomic E-state index is 0.175. The van der Waals surface area contributed by atoms with Crippen molar-refractivity contribution in [2.45, 2.75) is 59.6 Å². The SMILES string of the molecule is CCOC(=O)C(C)Oc1c(C)cc(CC(N)CC)cc1C. The van der Waals surface area contributed by atoms with Gasteiger partial charge in [-0.25, -0.2) is 4.79 Å². The zero-order chi connectivity index (χ0) is 16.0. The third-order valence-electron chi connectivity index (χ3n) is 3.46. The molecule has 1 aromatic rings. The lowest BCUT2D eigenvalue weighted by atomic mass is 9.99. The van der Waals surface area contributed by atoms with Crippen molar-refractivity contribution in [3.63, 3.8) is 0 Å². The van der Waals surface area contributed by atoms with Crippen molar-refractivity contribution in [1.82, 2.24) is 0 Å². The molecule has 4 nitrogen and oxygen atoms in total. The van der Waals surface area contributed by atoms with E-state index >= 15 is 0 Å². The summed E-state index contributed by atoms with van der Waals surface area (Å²) in [6.45, 7) is 9.91. The molecule has 118 valence electrons. The molecule has 21 heavy (non-hydrogen) atoms. The molecule has 0 aliphatic rings. The fourth-order valence-electron chi connectivity index (χ4n) is 2.28. The summed E-state index contributed by atoms with van der Waals surface area (Å²) < 4.78 is 10.7. The quantitative estimate of drug-likeness (QED) is 0.785. The molecule has 0 saturated carbocycles. The third-order valence-corrected chi connectivity index (χ3v) is 3.46. The van der Waals surface area contributed by atoms with Gasteiger partial charge in [-0.15, -0.1) is 0 Å². The molecule has 0 heterocycles. The Labute approximate surface area is 127 Å². The number of carbonyl (C=O) groups excluding carboxylic acids is 1. The number of nitrogens with two attached hydrogens (primary N) is 1. The van der Waals surface area contributed by atoms with Gasteiger partial charge in [-0.05, 0) is 57.2 Å². The molecule has 2 atom stereocenters. The molecule has 1 aromatic carbocycles. The van der Waals surface area contributed by atoms with E-state index in [9.17, 15) is 4.79 Å². The summed E-state index contributed by atoms with van der Waals surface area (Å²) in [5.74, 6) is 0.415. The van der Waals surface area contributed by atoms with Crippen LogP contribution in [0.2, 0.25) is 0 Å². The maximum Gasteiger partial charge on any atom is 0.347 e. The molecule has 0 aliphatic heterocycles. The number of benzene rings is 1. The molecule has 4 heteroatoms. The number of hydrogen-bond donors (Lipinski definition) is 1. The Balaban J connectivity index is 2.87. The number of carbonyl (C=O) groups is 1. The van der Waals surface area contributed by atoms with Crippen molar-refractivity contribution in [3.05, 3.63) is 28.8 Å². The average Bonchev–Trinajstić information content (AvgIpc) is 2.42. The average molecular weight is 293 g/mol. The lowest BCUT2D eigenvalue weighted by Gasteiger charge is -2.19. The van der Waals surface area contributed by atoms with Crippen LogP contribution < -0.4 is 10.5 Å². The van der Waals surface area contributed by atoms with Crippen LogP contribution in [-0.2, 0) is 16.0 Å². The van der Waals surface area contributed by atoms with Gasteiger partial charge in [0.2, 0.25) is 0 Å². The van der Waals surface area contributed by atoms with E-state index in [1.54, 1.807) is 13.8 Å². The number of hydrogen-bond acceptors (Lipinski definition) is 4. The Morgan fingerprint density at radius 3 is 2.29 bits per heavy atom. The minimum atomic E-state index is -0.605. The molecule has 1 rings (SSSR count). The van der Waals surface area contributed by atoms with Crippen molar-refractivity contribution in [2.75, 3.05) is 6.61 Å². The first-order valence-corrected chi connectivity index (χ1v) is 7.58. The van der Waals surface area contributed by atoms with Crippen molar-refractivity contribution in [2.24, 2.45) is 5.73 Å². The standard InChI is InChI=1S/C17H27NO3/c1-6-15(18)10-14-8-11(3)16(12(4)9-14)21-13(5)17(19)20-7-2/h8-9,13,15H,6-7,10,18H2,1-5H3. The summed E-state index contributed by atoms with van der Waals surface area (Å²) in [6.07, 6.45) is 1.20. The first-order chi connectivity index (χ1) is 9.88. The van der Waals surface area contributed by atoms with Crippen LogP contribution >= 0.6 is 0 Å². The largest absolute Gasteiger partial charge is 0.478 e. The Hall–Kier alpha value is -1.55. The number of aryl methyl sites for hydroxylation is 2. The summed E-state index contributed by atoms with van der Waals surface area (Å²) in [5.41, 5.74) is 9.24. The van der Waals surface area contributed by atoms with Crippen LogP contribution in [0.4, 0.5) is 0 Å². The third kappa shape index (κ3) is 5.05. The number of ether oxygens (including phenoxy) is 2. The monoisotopic (exact) mass is 293 g/mol. The molecule has 0 spiro atoms. The first-order valence-electron chi connectivity index (χ1n) is 7.58. The Kier molecular flexibility index (Phi) is 6.69. The van der Waals surface area contributed by atoms with Crippen molar-refractivity contribution >= 4 is 5.97 Å². The molecule has 0 saturated heterocycles. The Morgan fingerprint density at radius 1 is 1.24 bits per heavy atom. The zero-order valence-electron chi connectivity index (χ0n) is 13.7. The number of rotatable bonds is 7. The maximum absolute atomic E-state index is 11.7. The van der Waals surface area contributed by atoms with Crippen LogP contribution in [0.1, 0.15) is 43.9 Å². The van der Waals surface area contributed by atoms with Crippen molar-refractivity contribution in [3.8, 4) is 5.75 Å². The first kappa shape index (κ1) is 17.5. The molecule has 0 radical (unpaired) electrons. The second-order valence-electron chi connectivity index (χ2n) is 5.44. The van der Waals surface area contributed by atoms with Gasteiger partial charge >= 0.3 is 5.97 Å². The highest BCUT2D eigenvalue weighted by molar-refractivity contribution is 5.74. The molecular formula is C17H27NO3. The normalized spacial score (nSPS) is 13.6. The lowest BCUT2D eigenvalue weighted by Crippen LogP contribution is -2.26. The van der Waals surface area contributed by atoms with E-state index in [2.05, 4.69) is 19.1 Å². The van der Waals surface area contributed by atoms with Crippen molar-refractivity contribution in [1.29, 1.82) is 0 Å².